The van der Waals surface area contributed by atoms with Gasteiger partial charge in [0.25, 0.3) is 0 Å². The number of nitrogens with one attached hydrogen (secondary N) is 1. The maximum Gasteiger partial charge on any atom is 0.0158 e. The van der Waals surface area contributed by atoms with Gasteiger partial charge in [0.05, 0.1) is 0 Å². The molecule has 0 amide bonds. The van der Waals surface area contributed by atoms with Crippen LogP contribution in [0.5, 0.6) is 0 Å². The van der Waals surface area contributed by atoms with Crippen molar-refractivity contribution in [3.05, 3.63) is 0 Å². The summed E-state index contributed by atoms with van der Waals surface area (Å²) in [7, 11) is 0. The topological polar surface area (TPSA) is 12.0 Å². The molecule has 1 nitrogen and oxygen atoms in total. The molecular formula is C6H14ClNS. The zero-order valence-corrected chi connectivity index (χ0v) is 7.36. The van der Waals surface area contributed by atoms with Gasteiger partial charge in [-0.05, 0) is 25.6 Å². The Bertz CT molecular complexity index is 64.1. The van der Waals surface area contributed by atoms with E-state index in [1.54, 1.807) is 0 Å². The molecule has 1 fully saturated rings. The van der Waals surface area contributed by atoms with Crippen molar-refractivity contribution in [1.82, 2.24) is 5.32 Å². The van der Waals surface area contributed by atoms with Crippen LogP contribution in [0.15, 0.2) is 0 Å². The number of thioether (sulfide) groups is 1. The Morgan fingerprint density at radius 2 is 2.44 bits per heavy atom. The summed E-state index contributed by atoms with van der Waals surface area (Å²) < 4.78 is 0. The maximum atomic E-state index is 3.44. The SMILES string of the molecule is CSCC1CCCN1.Cl. The van der Waals surface area contributed by atoms with E-state index >= 15 is 0 Å². The van der Waals surface area contributed by atoms with E-state index in [0.29, 0.717) is 0 Å². The fourth-order valence-electron chi connectivity index (χ4n) is 1.10. The predicted molar refractivity (Wildman–Crippen MR) is 46.7 cm³/mol. The van der Waals surface area contributed by atoms with Crippen LogP contribution in [0.3, 0.4) is 0 Å². The summed E-state index contributed by atoms with van der Waals surface area (Å²) in [6, 6.07) is 0.824. The van der Waals surface area contributed by atoms with E-state index in [1.165, 1.54) is 25.1 Å². The van der Waals surface area contributed by atoms with Crippen LogP contribution in [0, 0.1) is 0 Å². The van der Waals surface area contributed by atoms with E-state index in [1.807, 2.05) is 11.8 Å². The van der Waals surface area contributed by atoms with Gasteiger partial charge in [0, 0.05) is 11.8 Å². The molecule has 0 aromatic heterocycles. The average Bonchev–Trinajstić information content (AvgIpc) is 2.19. The highest BCUT2D eigenvalue weighted by Crippen LogP contribution is 2.08. The molecule has 1 saturated heterocycles. The number of rotatable bonds is 2. The van der Waals surface area contributed by atoms with Crippen LogP contribution in [0.2, 0.25) is 0 Å². The Morgan fingerprint density at radius 3 is 2.89 bits per heavy atom. The van der Waals surface area contributed by atoms with E-state index in [0.717, 1.165) is 6.04 Å². The quantitative estimate of drug-likeness (QED) is 0.670. The van der Waals surface area contributed by atoms with E-state index < -0.39 is 0 Å². The third-order valence-electron chi connectivity index (χ3n) is 1.53. The monoisotopic (exact) mass is 167 g/mol. The van der Waals surface area contributed by atoms with Crippen LogP contribution in [0.1, 0.15) is 12.8 Å². The van der Waals surface area contributed by atoms with Crippen molar-refractivity contribution in [3.8, 4) is 0 Å². The van der Waals surface area contributed by atoms with Gasteiger partial charge in [-0.1, -0.05) is 0 Å². The minimum Gasteiger partial charge on any atom is -0.313 e. The number of hydrogen-bond acceptors (Lipinski definition) is 2. The van der Waals surface area contributed by atoms with E-state index in [9.17, 15) is 0 Å². The lowest BCUT2D eigenvalue weighted by Crippen LogP contribution is -2.23. The Hall–Kier alpha value is 0.600. The molecule has 0 spiro atoms. The Balaban J connectivity index is 0.000000640. The van der Waals surface area contributed by atoms with Crippen molar-refractivity contribution in [2.24, 2.45) is 0 Å². The van der Waals surface area contributed by atoms with Gasteiger partial charge in [-0.25, -0.2) is 0 Å². The molecule has 1 aliphatic heterocycles. The molecule has 1 unspecified atom stereocenters. The highest BCUT2D eigenvalue weighted by molar-refractivity contribution is 7.98. The summed E-state index contributed by atoms with van der Waals surface area (Å²) in [5.41, 5.74) is 0. The van der Waals surface area contributed by atoms with Crippen molar-refractivity contribution < 1.29 is 0 Å². The van der Waals surface area contributed by atoms with Crippen LogP contribution in [0.25, 0.3) is 0 Å². The first kappa shape index (κ1) is 9.60. The molecule has 1 rings (SSSR count). The van der Waals surface area contributed by atoms with E-state index in [-0.39, 0.29) is 12.4 Å². The summed E-state index contributed by atoms with van der Waals surface area (Å²) in [5, 5.41) is 3.44. The Morgan fingerprint density at radius 1 is 1.67 bits per heavy atom. The fourth-order valence-corrected chi connectivity index (χ4v) is 1.79. The summed E-state index contributed by atoms with van der Waals surface area (Å²) in [6.45, 7) is 1.24. The highest BCUT2D eigenvalue weighted by Gasteiger charge is 2.11. The second kappa shape index (κ2) is 5.39. The van der Waals surface area contributed by atoms with Gasteiger partial charge in [0.2, 0.25) is 0 Å². The largest absolute Gasteiger partial charge is 0.313 e. The first-order valence-electron chi connectivity index (χ1n) is 3.16. The van der Waals surface area contributed by atoms with Gasteiger partial charge in [-0.3, -0.25) is 0 Å². The van der Waals surface area contributed by atoms with Crippen molar-refractivity contribution >= 4 is 24.2 Å². The van der Waals surface area contributed by atoms with E-state index in [2.05, 4.69) is 11.6 Å². The van der Waals surface area contributed by atoms with Crippen LogP contribution < -0.4 is 5.32 Å². The van der Waals surface area contributed by atoms with E-state index in [4.69, 9.17) is 0 Å². The summed E-state index contributed by atoms with van der Waals surface area (Å²) in [6.07, 6.45) is 4.94. The van der Waals surface area contributed by atoms with Gasteiger partial charge >= 0.3 is 0 Å². The summed E-state index contributed by atoms with van der Waals surface area (Å²) in [4.78, 5) is 0. The molecule has 0 saturated carbocycles. The minimum atomic E-state index is 0. The first-order valence-corrected chi connectivity index (χ1v) is 4.55. The average molecular weight is 168 g/mol. The normalized spacial score (nSPS) is 25.7. The van der Waals surface area contributed by atoms with Gasteiger partial charge < -0.3 is 5.32 Å². The third kappa shape index (κ3) is 3.33. The lowest BCUT2D eigenvalue weighted by Gasteiger charge is -2.05. The summed E-state index contributed by atoms with van der Waals surface area (Å²) >= 11 is 1.94. The van der Waals surface area contributed by atoms with Crippen molar-refractivity contribution in [2.45, 2.75) is 18.9 Å². The van der Waals surface area contributed by atoms with Crippen LogP contribution >= 0.6 is 24.2 Å². The van der Waals surface area contributed by atoms with Crippen LogP contribution in [-0.4, -0.2) is 24.6 Å². The third-order valence-corrected chi connectivity index (χ3v) is 2.27. The van der Waals surface area contributed by atoms with Gasteiger partial charge in [-0.2, -0.15) is 11.8 Å². The lowest BCUT2D eigenvalue weighted by molar-refractivity contribution is 0.674. The van der Waals surface area contributed by atoms with Crippen molar-refractivity contribution in [2.75, 3.05) is 18.6 Å². The maximum absolute atomic E-state index is 3.44. The highest BCUT2D eigenvalue weighted by atomic mass is 35.5. The molecule has 0 aliphatic carbocycles. The number of hydrogen-bond donors (Lipinski definition) is 1. The molecule has 0 bridgehead atoms. The molecule has 1 heterocycles. The van der Waals surface area contributed by atoms with Gasteiger partial charge in [0.1, 0.15) is 0 Å². The van der Waals surface area contributed by atoms with Gasteiger partial charge in [0.15, 0.2) is 0 Å². The molecule has 1 N–H and O–H groups in total. The molecule has 1 atom stereocenters. The zero-order valence-electron chi connectivity index (χ0n) is 5.72. The molecule has 9 heavy (non-hydrogen) atoms. The van der Waals surface area contributed by atoms with Crippen molar-refractivity contribution in [3.63, 3.8) is 0 Å². The Kier molecular flexibility index (Phi) is 5.75. The summed E-state index contributed by atoms with van der Waals surface area (Å²) in [5.74, 6) is 1.29. The molecule has 1 aliphatic rings. The second-order valence-electron chi connectivity index (χ2n) is 2.25. The molecule has 0 aromatic rings. The second-order valence-corrected chi connectivity index (χ2v) is 3.16. The molecule has 0 aromatic carbocycles. The zero-order chi connectivity index (χ0) is 5.82. The predicted octanol–water partition coefficient (Wildman–Crippen LogP) is 1.52. The molecule has 3 heteroatoms. The van der Waals surface area contributed by atoms with Gasteiger partial charge in [-0.15, -0.1) is 12.4 Å². The van der Waals surface area contributed by atoms with Crippen LogP contribution in [0.4, 0.5) is 0 Å². The molecule has 0 radical (unpaired) electrons. The fraction of sp³-hybridized carbons (Fsp3) is 1.00. The number of halogens is 1. The first-order chi connectivity index (χ1) is 3.93. The van der Waals surface area contributed by atoms with Crippen LogP contribution in [-0.2, 0) is 0 Å². The minimum absolute atomic E-state index is 0. The molecule has 56 valence electrons. The smallest absolute Gasteiger partial charge is 0.0158 e. The van der Waals surface area contributed by atoms with Crippen molar-refractivity contribution in [1.29, 1.82) is 0 Å². The lowest BCUT2D eigenvalue weighted by atomic mass is 10.3. The Labute approximate surface area is 67.4 Å². The standard InChI is InChI=1S/C6H13NS.ClH/c1-8-5-6-3-2-4-7-6;/h6-7H,2-5H2,1H3;1H. The molecular weight excluding hydrogens is 154 g/mol.